The molecule has 0 radical (unpaired) electrons. The van der Waals surface area contributed by atoms with Crippen molar-refractivity contribution >= 4 is 39.6 Å². The normalized spacial score (nSPS) is 10.7. The number of amides is 2. The van der Waals surface area contributed by atoms with Crippen LogP contribution in [0.2, 0.25) is 0 Å². The largest absolute Gasteiger partial charge is 0.489 e. The van der Waals surface area contributed by atoms with Gasteiger partial charge in [-0.2, -0.15) is 5.10 Å². The first-order valence-corrected chi connectivity index (χ1v) is 11.1. The number of carbonyl (C=O) groups excluding carboxylic acids is 2. The van der Waals surface area contributed by atoms with Crippen LogP contribution in [0.5, 0.6) is 5.75 Å². The van der Waals surface area contributed by atoms with Crippen LogP contribution in [0.3, 0.4) is 0 Å². The lowest BCUT2D eigenvalue weighted by Gasteiger charge is -2.06. The minimum Gasteiger partial charge on any atom is -0.489 e. The highest BCUT2D eigenvalue weighted by atomic mass is 79.9. The number of hydrogen-bond donors (Lipinski definition) is 2. The highest BCUT2D eigenvalue weighted by Gasteiger charge is 2.05. The van der Waals surface area contributed by atoms with Gasteiger partial charge in [-0.05, 0) is 78.2 Å². The predicted octanol–water partition coefficient (Wildman–Crippen LogP) is 5.43. The number of anilines is 1. The van der Waals surface area contributed by atoms with Gasteiger partial charge in [0.15, 0.2) is 0 Å². The summed E-state index contributed by atoms with van der Waals surface area (Å²) in [6, 6.07) is 20.6. The van der Waals surface area contributed by atoms with E-state index in [2.05, 4.69) is 31.8 Å². The van der Waals surface area contributed by atoms with E-state index in [-0.39, 0.29) is 30.5 Å². The molecule has 0 aliphatic heterocycles. The number of benzene rings is 3. The summed E-state index contributed by atoms with van der Waals surface area (Å²) in [7, 11) is 0. The van der Waals surface area contributed by atoms with Crippen LogP contribution in [-0.2, 0) is 16.2 Å². The van der Waals surface area contributed by atoms with Crippen molar-refractivity contribution in [2.45, 2.75) is 25.9 Å². The van der Waals surface area contributed by atoms with Crippen molar-refractivity contribution in [3.63, 3.8) is 0 Å². The van der Waals surface area contributed by atoms with Crippen molar-refractivity contribution < 1.29 is 18.7 Å². The molecule has 0 aliphatic rings. The Labute approximate surface area is 200 Å². The molecule has 3 aromatic carbocycles. The van der Waals surface area contributed by atoms with Crippen molar-refractivity contribution in [3.05, 3.63) is 94.2 Å². The van der Waals surface area contributed by atoms with Crippen LogP contribution >= 0.6 is 15.9 Å². The van der Waals surface area contributed by atoms with Gasteiger partial charge in [-0.25, -0.2) is 9.82 Å². The number of hydrogen-bond acceptors (Lipinski definition) is 4. The van der Waals surface area contributed by atoms with Gasteiger partial charge in [-0.3, -0.25) is 9.59 Å². The second kappa shape index (κ2) is 12.5. The fourth-order valence-electron chi connectivity index (χ4n) is 2.80. The molecular weight excluding hydrogens is 489 g/mol. The Morgan fingerprint density at radius 3 is 2.27 bits per heavy atom. The van der Waals surface area contributed by atoms with Gasteiger partial charge in [0.05, 0.1) is 6.21 Å². The number of nitrogens with one attached hydrogen (secondary N) is 2. The zero-order valence-electron chi connectivity index (χ0n) is 17.8. The van der Waals surface area contributed by atoms with Crippen molar-refractivity contribution in [1.29, 1.82) is 0 Å². The summed E-state index contributed by atoms with van der Waals surface area (Å²) < 4.78 is 19.5. The Hall–Kier alpha value is -3.52. The van der Waals surface area contributed by atoms with Gasteiger partial charge < -0.3 is 10.1 Å². The fraction of sp³-hybridized carbons (Fsp3) is 0.160. The average molecular weight is 512 g/mol. The third-order valence-electron chi connectivity index (χ3n) is 4.54. The van der Waals surface area contributed by atoms with Gasteiger partial charge in [0.25, 0.3) is 0 Å². The van der Waals surface area contributed by atoms with Crippen LogP contribution in [0.25, 0.3) is 0 Å². The number of hydrazone groups is 1. The average Bonchev–Trinajstić information content (AvgIpc) is 2.81. The first-order chi connectivity index (χ1) is 16.0. The second-order valence-electron chi connectivity index (χ2n) is 7.19. The molecule has 2 N–H and O–H groups in total. The summed E-state index contributed by atoms with van der Waals surface area (Å²) >= 11 is 3.34. The Kier molecular flexibility index (Phi) is 9.14. The van der Waals surface area contributed by atoms with E-state index in [1.165, 1.54) is 18.3 Å². The molecule has 0 aliphatic carbocycles. The standard InChI is InChI=1S/C25H23BrFN3O3/c26-20-8-12-22(13-9-20)29-24(31)2-1-3-25(32)30-28-16-18-6-14-23(15-7-18)33-17-19-4-10-21(27)11-5-19/h4-16H,1-3,17H2,(H,29,31)(H,30,32)/b28-16-. The molecule has 6 nitrogen and oxygen atoms in total. The molecule has 8 heteroatoms. The molecule has 170 valence electrons. The zero-order chi connectivity index (χ0) is 23.5. The maximum Gasteiger partial charge on any atom is 0.240 e. The molecule has 0 heterocycles. The Morgan fingerprint density at radius 2 is 1.58 bits per heavy atom. The van der Waals surface area contributed by atoms with E-state index in [4.69, 9.17) is 4.74 Å². The maximum absolute atomic E-state index is 12.9. The van der Waals surface area contributed by atoms with Gasteiger partial charge in [-0.15, -0.1) is 0 Å². The van der Waals surface area contributed by atoms with Crippen LogP contribution in [0.1, 0.15) is 30.4 Å². The monoisotopic (exact) mass is 511 g/mol. The third kappa shape index (κ3) is 8.86. The van der Waals surface area contributed by atoms with Crippen molar-refractivity contribution in [1.82, 2.24) is 5.43 Å². The quantitative estimate of drug-likeness (QED) is 0.281. The molecule has 3 rings (SSSR count). The van der Waals surface area contributed by atoms with E-state index in [1.807, 2.05) is 24.3 Å². The van der Waals surface area contributed by atoms with Crippen LogP contribution in [0.15, 0.2) is 82.4 Å². The van der Waals surface area contributed by atoms with Gasteiger partial charge in [0, 0.05) is 23.0 Å². The summed E-state index contributed by atoms with van der Waals surface area (Å²) in [6.07, 6.45) is 2.39. The van der Waals surface area contributed by atoms with E-state index in [9.17, 15) is 14.0 Å². The number of carbonyl (C=O) groups is 2. The van der Waals surface area contributed by atoms with E-state index >= 15 is 0 Å². The molecule has 0 saturated heterocycles. The lowest BCUT2D eigenvalue weighted by molar-refractivity contribution is -0.121. The first kappa shape index (κ1) is 24.1. The van der Waals surface area contributed by atoms with E-state index in [1.54, 1.807) is 36.4 Å². The maximum atomic E-state index is 12.9. The molecule has 0 atom stereocenters. The summed E-state index contributed by atoms with van der Waals surface area (Å²) in [5, 5.41) is 6.73. The topological polar surface area (TPSA) is 79.8 Å². The molecule has 3 aromatic rings. The van der Waals surface area contributed by atoms with Crippen molar-refractivity contribution in [2.24, 2.45) is 5.10 Å². The van der Waals surface area contributed by atoms with E-state index < -0.39 is 0 Å². The van der Waals surface area contributed by atoms with Crippen LogP contribution < -0.4 is 15.5 Å². The van der Waals surface area contributed by atoms with E-state index in [0.717, 1.165) is 15.6 Å². The van der Waals surface area contributed by atoms with E-state index in [0.29, 0.717) is 24.5 Å². The molecule has 2 amide bonds. The molecule has 0 fully saturated rings. The summed E-state index contributed by atoms with van der Waals surface area (Å²) in [5.41, 5.74) is 4.83. The Morgan fingerprint density at radius 1 is 0.909 bits per heavy atom. The summed E-state index contributed by atoms with van der Waals surface area (Å²) in [6.45, 7) is 0.338. The van der Waals surface area contributed by atoms with Crippen LogP contribution in [0, 0.1) is 5.82 Å². The molecule has 0 aromatic heterocycles. The zero-order valence-corrected chi connectivity index (χ0v) is 19.3. The fourth-order valence-corrected chi connectivity index (χ4v) is 3.06. The molecule has 0 bridgehead atoms. The molecular formula is C25H23BrFN3O3. The number of rotatable bonds is 10. The minimum atomic E-state index is -0.281. The van der Waals surface area contributed by atoms with Gasteiger partial charge in [0.2, 0.25) is 11.8 Å². The lowest BCUT2D eigenvalue weighted by Crippen LogP contribution is -2.18. The molecule has 33 heavy (non-hydrogen) atoms. The number of nitrogens with zero attached hydrogens (tertiary/aromatic N) is 1. The summed E-state index contributed by atoms with van der Waals surface area (Å²) in [5.74, 6) is -0.0177. The Balaban J connectivity index is 1.33. The molecule has 0 saturated carbocycles. The van der Waals surface area contributed by atoms with Crippen molar-refractivity contribution in [3.8, 4) is 5.75 Å². The van der Waals surface area contributed by atoms with Crippen LogP contribution in [-0.4, -0.2) is 18.0 Å². The van der Waals surface area contributed by atoms with Gasteiger partial charge >= 0.3 is 0 Å². The molecule has 0 unspecified atom stereocenters. The van der Waals surface area contributed by atoms with Gasteiger partial charge in [-0.1, -0.05) is 28.1 Å². The van der Waals surface area contributed by atoms with Gasteiger partial charge in [0.1, 0.15) is 18.2 Å². The SMILES string of the molecule is O=C(CCCC(=O)Nc1ccc(Br)cc1)N/N=C\c1ccc(OCc2ccc(F)cc2)cc1. The highest BCUT2D eigenvalue weighted by Crippen LogP contribution is 2.15. The second-order valence-corrected chi connectivity index (χ2v) is 8.10. The number of ether oxygens (including phenoxy) is 1. The van der Waals surface area contributed by atoms with Crippen LogP contribution in [0.4, 0.5) is 10.1 Å². The number of halogens is 2. The minimum absolute atomic E-state index is 0.143. The Bertz CT molecular complexity index is 1090. The smallest absolute Gasteiger partial charge is 0.240 e. The third-order valence-corrected chi connectivity index (χ3v) is 5.07. The highest BCUT2D eigenvalue weighted by molar-refractivity contribution is 9.10. The molecule has 0 spiro atoms. The first-order valence-electron chi connectivity index (χ1n) is 10.3. The lowest BCUT2D eigenvalue weighted by atomic mass is 10.2. The van der Waals surface area contributed by atoms with Crippen molar-refractivity contribution in [2.75, 3.05) is 5.32 Å². The predicted molar refractivity (Wildman–Crippen MR) is 130 cm³/mol. The summed E-state index contributed by atoms with van der Waals surface area (Å²) in [4.78, 5) is 23.8.